The van der Waals surface area contributed by atoms with Crippen LogP contribution in [-0.4, -0.2) is 43.5 Å². The molecule has 0 aliphatic carbocycles. The second-order valence-corrected chi connectivity index (χ2v) is 8.44. The normalized spacial score (nSPS) is 16.0. The van der Waals surface area contributed by atoms with Crippen LogP contribution in [0.5, 0.6) is 0 Å². The first-order valence-corrected chi connectivity index (χ1v) is 10.1. The number of aryl methyl sites for hydroxylation is 2. The Morgan fingerprint density at radius 1 is 1.23 bits per heavy atom. The average molecular weight is 398 g/mol. The maximum absolute atomic E-state index is 12.6. The number of hydrogen-bond acceptors (Lipinski definition) is 5. The van der Waals surface area contributed by atoms with Gasteiger partial charge in [0.05, 0.1) is 0 Å². The lowest BCUT2D eigenvalue weighted by Gasteiger charge is -2.32. The Labute approximate surface area is 157 Å². The zero-order chi connectivity index (χ0) is 18.9. The van der Waals surface area contributed by atoms with Crippen LogP contribution in [0, 0.1) is 13.8 Å². The molecule has 0 unspecified atom stereocenters. The number of carbonyl (C=O) groups is 1. The average Bonchev–Trinajstić information content (AvgIpc) is 2.95. The van der Waals surface area contributed by atoms with Crippen LogP contribution in [0.3, 0.4) is 0 Å². The molecule has 140 valence electrons. The molecule has 2 heterocycles. The molecular weight excluding hydrogens is 378 g/mol. The van der Waals surface area contributed by atoms with Gasteiger partial charge in [0.25, 0.3) is 5.91 Å². The summed E-state index contributed by atoms with van der Waals surface area (Å²) < 4.78 is 32.8. The molecule has 0 radical (unpaired) electrons. The lowest BCUT2D eigenvalue weighted by atomic mass is 10.0. The summed E-state index contributed by atoms with van der Waals surface area (Å²) in [5, 5.41) is 4.27. The summed E-state index contributed by atoms with van der Waals surface area (Å²) >= 11 is 5.85. The van der Waals surface area contributed by atoms with Crippen LogP contribution in [0.2, 0.25) is 5.02 Å². The maximum Gasteiger partial charge on any atom is 0.253 e. The van der Waals surface area contributed by atoms with Crippen LogP contribution in [0.4, 0.5) is 0 Å². The van der Waals surface area contributed by atoms with Gasteiger partial charge in [-0.25, -0.2) is 13.1 Å². The van der Waals surface area contributed by atoms with E-state index < -0.39 is 10.0 Å². The Morgan fingerprint density at radius 3 is 2.38 bits per heavy atom. The SMILES string of the molecule is Cc1noc(C)c1S(=O)(=O)NC1CCN(C(=O)c2ccc(Cl)cc2)CC1. The molecule has 1 aliphatic rings. The molecule has 0 spiro atoms. The molecule has 0 saturated carbocycles. The minimum Gasteiger partial charge on any atom is -0.360 e. The van der Waals surface area contributed by atoms with Gasteiger partial charge < -0.3 is 9.42 Å². The van der Waals surface area contributed by atoms with Crippen molar-refractivity contribution < 1.29 is 17.7 Å². The molecular formula is C17H20ClN3O4S. The van der Waals surface area contributed by atoms with Gasteiger partial charge in [0, 0.05) is 29.7 Å². The van der Waals surface area contributed by atoms with E-state index in [1.54, 1.807) is 43.0 Å². The number of nitrogens with zero attached hydrogens (tertiary/aromatic N) is 2. The molecule has 9 heteroatoms. The van der Waals surface area contributed by atoms with E-state index in [1.165, 1.54) is 0 Å². The van der Waals surface area contributed by atoms with Gasteiger partial charge >= 0.3 is 0 Å². The number of carbonyl (C=O) groups excluding carboxylic acids is 1. The third-order valence-electron chi connectivity index (χ3n) is 4.43. The number of sulfonamides is 1. The summed E-state index contributed by atoms with van der Waals surface area (Å²) in [7, 11) is -3.70. The zero-order valence-electron chi connectivity index (χ0n) is 14.5. The van der Waals surface area contributed by atoms with E-state index >= 15 is 0 Å². The predicted molar refractivity (Wildman–Crippen MR) is 96.7 cm³/mol. The first-order valence-electron chi connectivity index (χ1n) is 8.28. The standard InChI is InChI=1S/C17H20ClN3O4S/c1-11-16(12(2)25-19-11)26(23,24)20-15-7-9-21(10-8-15)17(22)13-3-5-14(18)6-4-13/h3-6,15,20H,7-10H2,1-2H3. The highest BCUT2D eigenvalue weighted by Crippen LogP contribution is 2.21. The summed E-state index contributed by atoms with van der Waals surface area (Å²) in [5.41, 5.74) is 0.912. The van der Waals surface area contributed by atoms with Crippen molar-refractivity contribution in [2.45, 2.75) is 37.6 Å². The van der Waals surface area contributed by atoms with Gasteiger partial charge in [-0.2, -0.15) is 0 Å². The quantitative estimate of drug-likeness (QED) is 0.855. The Kier molecular flexibility index (Phi) is 5.36. The van der Waals surface area contributed by atoms with E-state index in [1.807, 2.05) is 0 Å². The van der Waals surface area contributed by atoms with E-state index in [9.17, 15) is 13.2 Å². The van der Waals surface area contributed by atoms with E-state index in [-0.39, 0.29) is 22.6 Å². The fourth-order valence-electron chi connectivity index (χ4n) is 3.11. The Morgan fingerprint density at radius 2 is 1.85 bits per heavy atom. The zero-order valence-corrected chi connectivity index (χ0v) is 16.1. The minimum atomic E-state index is -3.70. The molecule has 1 aromatic heterocycles. The number of benzene rings is 1. The number of aromatic nitrogens is 1. The van der Waals surface area contributed by atoms with Gasteiger partial charge in [0.2, 0.25) is 10.0 Å². The summed E-state index contributed by atoms with van der Waals surface area (Å²) in [6.07, 6.45) is 1.09. The Balaban J connectivity index is 1.62. The molecule has 26 heavy (non-hydrogen) atoms. The lowest BCUT2D eigenvalue weighted by Crippen LogP contribution is -2.46. The second-order valence-electron chi connectivity index (χ2n) is 6.35. The third-order valence-corrected chi connectivity index (χ3v) is 6.45. The van der Waals surface area contributed by atoms with Gasteiger partial charge in [0.15, 0.2) is 5.76 Å². The molecule has 7 nitrogen and oxygen atoms in total. The molecule has 1 aromatic carbocycles. The monoisotopic (exact) mass is 397 g/mol. The number of piperidine rings is 1. The molecule has 0 bridgehead atoms. The van der Waals surface area contributed by atoms with E-state index in [2.05, 4.69) is 9.88 Å². The predicted octanol–water partition coefficient (Wildman–Crippen LogP) is 2.53. The molecule has 1 saturated heterocycles. The number of rotatable bonds is 4. The van der Waals surface area contributed by atoms with Crippen LogP contribution in [0.1, 0.15) is 34.7 Å². The van der Waals surface area contributed by atoms with Crippen molar-refractivity contribution in [3.8, 4) is 0 Å². The molecule has 3 rings (SSSR count). The molecule has 1 amide bonds. The first kappa shape index (κ1) is 18.9. The van der Waals surface area contributed by atoms with Crippen molar-refractivity contribution in [3.63, 3.8) is 0 Å². The Hall–Kier alpha value is -1.90. The molecule has 1 aliphatic heterocycles. The van der Waals surface area contributed by atoms with Crippen molar-refractivity contribution in [1.82, 2.24) is 14.8 Å². The van der Waals surface area contributed by atoms with Crippen molar-refractivity contribution in [2.24, 2.45) is 0 Å². The minimum absolute atomic E-state index is 0.0753. The topological polar surface area (TPSA) is 92.5 Å². The number of likely N-dealkylation sites (tertiary alicyclic amines) is 1. The van der Waals surface area contributed by atoms with E-state index in [0.29, 0.717) is 42.2 Å². The Bertz CT molecular complexity index is 881. The van der Waals surface area contributed by atoms with Crippen molar-refractivity contribution in [2.75, 3.05) is 13.1 Å². The van der Waals surface area contributed by atoms with Crippen molar-refractivity contribution in [1.29, 1.82) is 0 Å². The van der Waals surface area contributed by atoms with Crippen molar-refractivity contribution >= 4 is 27.5 Å². The smallest absolute Gasteiger partial charge is 0.253 e. The summed E-state index contributed by atoms with van der Waals surface area (Å²) in [5.74, 6) is 0.194. The van der Waals surface area contributed by atoms with E-state index in [4.69, 9.17) is 16.1 Å². The highest BCUT2D eigenvalue weighted by atomic mass is 35.5. The molecule has 2 aromatic rings. The summed E-state index contributed by atoms with van der Waals surface area (Å²) in [4.78, 5) is 14.3. The van der Waals surface area contributed by atoms with Gasteiger partial charge in [-0.15, -0.1) is 0 Å². The highest BCUT2D eigenvalue weighted by Gasteiger charge is 2.30. The molecule has 0 atom stereocenters. The third kappa shape index (κ3) is 3.92. The maximum atomic E-state index is 12.6. The largest absolute Gasteiger partial charge is 0.360 e. The summed E-state index contributed by atoms with van der Waals surface area (Å²) in [6.45, 7) is 4.13. The van der Waals surface area contributed by atoms with Crippen molar-refractivity contribution in [3.05, 3.63) is 46.3 Å². The summed E-state index contributed by atoms with van der Waals surface area (Å²) in [6, 6.07) is 6.51. The highest BCUT2D eigenvalue weighted by molar-refractivity contribution is 7.89. The van der Waals surface area contributed by atoms with Gasteiger partial charge in [-0.1, -0.05) is 16.8 Å². The van der Waals surface area contributed by atoms with E-state index in [0.717, 1.165) is 0 Å². The number of hydrogen-bond donors (Lipinski definition) is 1. The van der Waals surface area contributed by atoms with Crippen LogP contribution in [0.25, 0.3) is 0 Å². The van der Waals surface area contributed by atoms with Crippen LogP contribution < -0.4 is 4.72 Å². The second kappa shape index (κ2) is 7.38. The van der Waals surface area contributed by atoms with Crippen LogP contribution in [-0.2, 0) is 10.0 Å². The fraction of sp³-hybridized carbons (Fsp3) is 0.412. The van der Waals surface area contributed by atoms with Crippen LogP contribution >= 0.6 is 11.6 Å². The van der Waals surface area contributed by atoms with Gasteiger partial charge in [-0.3, -0.25) is 4.79 Å². The van der Waals surface area contributed by atoms with Crippen LogP contribution in [0.15, 0.2) is 33.7 Å². The van der Waals surface area contributed by atoms with Gasteiger partial charge in [-0.05, 0) is 51.0 Å². The number of halogens is 1. The number of nitrogens with one attached hydrogen (secondary N) is 1. The van der Waals surface area contributed by atoms with Gasteiger partial charge in [0.1, 0.15) is 10.6 Å². The first-order chi connectivity index (χ1) is 12.3. The molecule has 1 N–H and O–H groups in total. The number of amides is 1. The molecule has 1 fully saturated rings. The lowest BCUT2D eigenvalue weighted by molar-refractivity contribution is 0.0711. The fourth-order valence-corrected chi connectivity index (χ4v) is 4.87.